The Morgan fingerprint density at radius 2 is 1.79 bits per heavy atom. The maximum atomic E-state index is 13.4. The molecule has 0 aliphatic rings. The van der Waals surface area contributed by atoms with Crippen LogP contribution < -0.4 is 5.32 Å². The highest BCUT2D eigenvalue weighted by Crippen LogP contribution is 2.16. The highest BCUT2D eigenvalue weighted by Gasteiger charge is 2.23. The van der Waals surface area contributed by atoms with Crippen molar-refractivity contribution in [2.75, 3.05) is 13.6 Å². The van der Waals surface area contributed by atoms with Crippen LogP contribution in [0.5, 0.6) is 0 Å². The first-order valence-corrected chi connectivity index (χ1v) is 11.2. The number of fused-ring (bicyclic) bond motifs is 1. The Morgan fingerprint density at radius 1 is 1.00 bits per heavy atom. The highest BCUT2D eigenvalue weighted by molar-refractivity contribution is 5.93. The Kier molecular flexibility index (Phi) is 6.88. The van der Waals surface area contributed by atoms with Gasteiger partial charge in [-0.3, -0.25) is 14.0 Å². The summed E-state index contributed by atoms with van der Waals surface area (Å²) in [5.41, 5.74) is 3.16. The number of rotatable bonds is 9. The molecular formula is C26H31N5O2. The fraction of sp³-hybridized carbons (Fsp3) is 0.269. The van der Waals surface area contributed by atoms with Crippen LogP contribution in [0, 0.1) is 0 Å². The van der Waals surface area contributed by atoms with Crippen molar-refractivity contribution in [2.24, 2.45) is 7.05 Å². The molecule has 4 rings (SSSR count). The van der Waals surface area contributed by atoms with E-state index in [-0.39, 0.29) is 19.3 Å². The van der Waals surface area contributed by atoms with Crippen LogP contribution in [-0.4, -0.2) is 50.3 Å². The zero-order valence-corrected chi connectivity index (χ0v) is 19.0. The minimum absolute atomic E-state index is 0. The molecule has 3 aromatic heterocycles. The number of imidazole rings is 1. The molecule has 0 spiro atoms. The van der Waals surface area contributed by atoms with E-state index in [1.807, 2.05) is 67.2 Å². The first-order valence-electron chi connectivity index (χ1n) is 11.2. The molecule has 1 atom stereocenters. The summed E-state index contributed by atoms with van der Waals surface area (Å²) < 4.78 is 3.61. The third-order valence-electron chi connectivity index (χ3n) is 6.06. The smallest absolute Gasteiger partial charge is 0.270 e. The topological polar surface area (TPSA) is 71.6 Å². The normalized spacial score (nSPS) is 11.9. The van der Waals surface area contributed by atoms with E-state index in [1.54, 1.807) is 27.9 Å². The predicted molar refractivity (Wildman–Crippen MR) is 130 cm³/mol. The summed E-state index contributed by atoms with van der Waals surface area (Å²) in [4.78, 5) is 32.0. The fourth-order valence-electron chi connectivity index (χ4n) is 4.12. The monoisotopic (exact) mass is 445 g/mol. The zero-order valence-electron chi connectivity index (χ0n) is 19.0. The minimum atomic E-state index is -0.110. The van der Waals surface area contributed by atoms with E-state index in [2.05, 4.69) is 22.4 Å². The molecular weight excluding hydrogens is 414 g/mol. The number of hydrogen-bond acceptors (Lipinski definition) is 3. The summed E-state index contributed by atoms with van der Waals surface area (Å²) in [5.74, 6) is -0.174. The first-order chi connectivity index (χ1) is 16.0. The summed E-state index contributed by atoms with van der Waals surface area (Å²) >= 11 is 0. The Labute approximate surface area is 195 Å². The lowest BCUT2D eigenvalue weighted by atomic mass is 10.0. The van der Waals surface area contributed by atoms with Crippen molar-refractivity contribution in [2.45, 2.75) is 25.3 Å². The molecule has 0 fully saturated rings. The largest absolute Gasteiger partial charge is 0.351 e. The Balaban J connectivity index is 0.00000324. The van der Waals surface area contributed by atoms with Crippen LogP contribution in [0.3, 0.4) is 0 Å². The number of amides is 2. The van der Waals surface area contributed by atoms with Gasteiger partial charge in [0, 0.05) is 46.7 Å². The van der Waals surface area contributed by atoms with Gasteiger partial charge in [0.2, 0.25) is 0 Å². The number of nitrogens with one attached hydrogen (secondary N) is 1. The average Bonchev–Trinajstić information content (AvgIpc) is 3.49. The summed E-state index contributed by atoms with van der Waals surface area (Å²) in [7, 11) is 3.69. The molecule has 0 saturated heterocycles. The van der Waals surface area contributed by atoms with Crippen LogP contribution in [0.2, 0.25) is 0 Å². The molecule has 0 bridgehead atoms. The predicted octanol–water partition coefficient (Wildman–Crippen LogP) is 3.81. The van der Waals surface area contributed by atoms with E-state index in [1.165, 1.54) is 5.56 Å². The molecule has 3 heterocycles. The molecule has 4 aromatic rings. The van der Waals surface area contributed by atoms with Crippen molar-refractivity contribution in [1.29, 1.82) is 0 Å². The van der Waals surface area contributed by atoms with Crippen LogP contribution in [-0.2, 0) is 13.5 Å². The lowest BCUT2D eigenvalue weighted by Gasteiger charge is -2.29. The molecule has 172 valence electrons. The van der Waals surface area contributed by atoms with E-state index < -0.39 is 0 Å². The van der Waals surface area contributed by atoms with Crippen molar-refractivity contribution >= 4 is 17.5 Å². The molecule has 0 aliphatic carbocycles. The van der Waals surface area contributed by atoms with Crippen LogP contribution in [0.4, 0.5) is 0 Å². The lowest BCUT2D eigenvalue weighted by Crippen LogP contribution is -2.40. The summed E-state index contributed by atoms with van der Waals surface area (Å²) in [6, 6.07) is 19.4. The van der Waals surface area contributed by atoms with E-state index in [4.69, 9.17) is 0 Å². The van der Waals surface area contributed by atoms with Gasteiger partial charge in [-0.1, -0.05) is 36.4 Å². The number of nitrogens with zero attached hydrogens (tertiary/aromatic N) is 4. The molecule has 1 N–H and O–H groups in total. The number of pyridine rings is 1. The van der Waals surface area contributed by atoms with Gasteiger partial charge in [0.25, 0.3) is 11.8 Å². The van der Waals surface area contributed by atoms with Gasteiger partial charge >= 0.3 is 0 Å². The Hall–Kier alpha value is -3.87. The van der Waals surface area contributed by atoms with Gasteiger partial charge in [-0.25, -0.2) is 4.98 Å². The summed E-state index contributed by atoms with van der Waals surface area (Å²) in [5, 5.41) is 3.00. The van der Waals surface area contributed by atoms with Crippen molar-refractivity contribution in [3.63, 3.8) is 0 Å². The zero-order chi connectivity index (χ0) is 23.2. The van der Waals surface area contributed by atoms with Gasteiger partial charge in [-0.15, -0.1) is 0 Å². The molecule has 33 heavy (non-hydrogen) atoms. The maximum Gasteiger partial charge on any atom is 0.270 e. The fourth-order valence-corrected chi connectivity index (χ4v) is 4.12. The van der Waals surface area contributed by atoms with Crippen LogP contribution >= 0.6 is 0 Å². The number of aryl methyl sites for hydroxylation is 2. The molecule has 0 saturated carbocycles. The average molecular weight is 446 g/mol. The number of hydrogen-bond donors (Lipinski definition) is 1. The van der Waals surface area contributed by atoms with Gasteiger partial charge in [0.05, 0.1) is 0 Å². The highest BCUT2D eigenvalue weighted by atomic mass is 16.2. The number of carbonyl (C=O) groups excluding carboxylic acids is 2. The van der Waals surface area contributed by atoms with Crippen molar-refractivity contribution in [3.8, 4) is 0 Å². The number of carbonyl (C=O) groups is 2. The van der Waals surface area contributed by atoms with Gasteiger partial charge < -0.3 is 14.8 Å². The first kappa shape index (κ1) is 22.3. The minimum Gasteiger partial charge on any atom is -0.351 e. The van der Waals surface area contributed by atoms with Crippen molar-refractivity contribution < 1.29 is 11.0 Å². The third kappa shape index (κ3) is 5.14. The standard InChI is InChI=1S/C26H29N5O2.H2/c1-29-18-7-11-22(29)25(32)28-16-15-21(14-13-20-8-4-3-5-9-20)30(2)26(33)23-10-6-12-24-27-17-19-31(23)24;/h3-12,17-19,21H,13-16H2,1-2H3,(H,28,32);1H/t21-;/m0./s1. The maximum absolute atomic E-state index is 13.4. The van der Waals surface area contributed by atoms with E-state index in [0.29, 0.717) is 24.4 Å². The van der Waals surface area contributed by atoms with Crippen LogP contribution in [0.1, 0.15) is 40.8 Å². The van der Waals surface area contributed by atoms with Crippen molar-refractivity contribution in [1.82, 2.24) is 24.2 Å². The summed E-state index contributed by atoms with van der Waals surface area (Å²) in [6.07, 6.45) is 7.65. The van der Waals surface area contributed by atoms with E-state index >= 15 is 0 Å². The van der Waals surface area contributed by atoms with Gasteiger partial charge in [-0.2, -0.15) is 0 Å². The molecule has 7 nitrogen and oxygen atoms in total. The molecule has 7 heteroatoms. The third-order valence-corrected chi connectivity index (χ3v) is 6.06. The summed E-state index contributed by atoms with van der Waals surface area (Å²) in [6.45, 7) is 0.483. The Morgan fingerprint density at radius 3 is 2.55 bits per heavy atom. The SMILES string of the molecule is CN(C(=O)c1cccc2nccn12)[C@H](CCNC(=O)c1cccn1C)CCc1ccccc1.[HH]. The lowest BCUT2D eigenvalue weighted by molar-refractivity contribution is 0.0708. The molecule has 0 aliphatic heterocycles. The molecule has 1 aromatic carbocycles. The second-order valence-corrected chi connectivity index (χ2v) is 8.21. The number of aromatic nitrogens is 3. The van der Waals surface area contributed by atoms with E-state index in [9.17, 15) is 9.59 Å². The second kappa shape index (κ2) is 10.2. The number of benzene rings is 1. The van der Waals surface area contributed by atoms with E-state index in [0.717, 1.165) is 18.5 Å². The van der Waals surface area contributed by atoms with Gasteiger partial charge in [-0.05, 0) is 49.1 Å². The molecule has 0 radical (unpaired) electrons. The second-order valence-electron chi connectivity index (χ2n) is 8.21. The van der Waals surface area contributed by atoms with Gasteiger partial charge in [0.15, 0.2) is 0 Å². The van der Waals surface area contributed by atoms with Crippen LogP contribution in [0.25, 0.3) is 5.65 Å². The quantitative estimate of drug-likeness (QED) is 0.426. The van der Waals surface area contributed by atoms with Gasteiger partial charge in [0.1, 0.15) is 17.0 Å². The Bertz CT molecular complexity index is 1230. The molecule has 2 amide bonds. The molecule has 0 unspecified atom stereocenters. The van der Waals surface area contributed by atoms with Crippen LogP contribution in [0.15, 0.2) is 79.3 Å². The van der Waals surface area contributed by atoms with Crippen molar-refractivity contribution in [3.05, 3.63) is 96.2 Å².